The molecule has 0 aliphatic heterocycles. The Morgan fingerprint density at radius 1 is 0.897 bits per heavy atom. The number of aliphatic hydroxyl groups is 1. The van der Waals surface area contributed by atoms with Crippen molar-refractivity contribution in [2.75, 3.05) is 0 Å². The van der Waals surface area contributed by atoms with Crippen LogP contribution in [0, 0.1) is 5.82 Å². The molecular weight excluding hydrogens is 527 g/mol. The van der Waals surface area contributed by atoms with Crippen LogP contribution in [0.4, 0.5) is 30.7 Å². The second-order valence-electron chi connectivity index (χ2n) is 9.59. The number of nitrogens with zero attached hydrogens (tertiary/aromatic N) is 2. The van der Waals surface area contributed by atoms with Crippen LogP contribution in [-0.2, 0) is 24.2 Å². The van der Waals surface area contributed by atoms with Gasteiger partial charge in [-0.15, -0.1) is 0 Å². The number of hydrogen-bond acceptors (Lipinski definition) is 4. The number of aliphatic hydroxyl groups excluding tert-OH is 1. The van der Waals surface area contributed by atoms with Crippen molar-refractivity contribution in [3.63, 3.8) is 0 Å². The zero-order chi connectivity index (χ0) is 28.3. The van der Waals surface area contributed by atoms with Crippen molar-refractivity contribution in [1.29, 1.82) is 0 Å². The van der Waals surface area contributed by atoms with E-state index in [2.05, 4.69) is 15.3 Å². The molecule has 39 heavy (non-hydrogen) atoms. The molecule has 2 atom stereocenters. The molecule has 11 heteroatoms. The van der Waals surface area contributed by atoms with Gasteiger partial charge in [-0.25, -0.2) is 4.39 Å². The first-order chi connectivity index (χ1) is 18.4. The van der Waals surface area contributed by atoms with E-state index in [4.69, 9.17) is 0 Å². The Morgan fingerprint density at radius 2 is 1.54 bits per heavy atom. The summed E-state index contributed by atoms with van der Waals surface area (Å²) < 4.78 is 96.9. The van der Waals surface area contributed by atoms with Crippen LogP contribution in [0.3, 0.4) is 0 Å². The molecule has 0 bridgehead atoms. The van der Waals surface area contributed by atoms with E-state index in [1.807, 2.05) is 0 Å². The highest BCUT2D eigenvalue weighted by molar-refractivity contribution is 5.79. The van der Waals surface area contributed by atoms with Crippen LogP contribution in [0.15, 0.2) is 71.9 Å². The van der Waals surface area contributed by atoms with Crippen LogP contribution in [0.25, 0.3) is 0 Å². The van der Waals surface area contributed by atoms with Gasteiger partial charge >= 0.3 is 12.4 Å². The van der Waals surface area contributed by atoms with Crippen molar-refractivity contribution in [3.8, 4) is 0 Å². The van der Waals surface area contributed by atoms with Crippen LogP contribution in [-0.4, -0.2) is 28.7 Å². The van der Waals surface area contributed by atoms with Crippen LogP contribution in [0.2, 0.25) is 0 Å². The van der Waals surface area contributed by atoms with Gasteiger partial charge in [-0.2, -0.15) is 26.3 Å². The highest BCUT2D eigenvalue weighted by Gasteiger charge is 2.41. The molecule has 1 fully saturated rings. The van der Waals surface area contributed by atoms with Crippen molar-refractivity contribution < 1.29 is 35.8 Å². The molecule has 1 aliphatic carbocycles. The van der Waals surface area contributed by atoms with Gasteiger partial charge in [0.25, 0.3) is 0 Å². The number of alkyl halides is 6. The van der Waals surface area contributed by atoms with Gasteiger partial charge in [-0.1, -0.05) is 43.2 Å². The molecule has 1 aliphatic rings. The van der Waals surface area contributed by atoms with Crippen LogP contribution in [0.1, 0.15) is 53.6 Å². The van der Waals surface area contributed by atoms with E-state index < -0.39 is 41.1 Å². The van der Waals surface area contributed by atoms with Gasteiger partial charge in [0, 0.05) is 18.5 Å². The summed E-state index contributed by atoms with van der Waals surface area (Å²) in [6.07, 6.45) is -5.99. The lowest BCUT2D eigenvalue weighted by Gasteiger charge is -2.32. The number of pyridine rings is 1. The Morgan fingerprint density at radius 3 is 2.18 bits per heavy atom. The maximum atomic E-state index is 14.7. The largest absolute Gasteiger partial charge is 0.416 e. The van der Waals surface area contributed by atoms with Crippen molar-refractivity contribution in [2.45, 2.75) is 62.3 Å². The van der Waals surface area contributed by atoms with Gasteiger partial charge in [0.05, 0.1) is 22.2 Å². The van der Waals surface area contributed by atoms with Gasteiger partial charge in [0.2, 0.25) is 6.35 Å². The maximum Gasteiger partial charge on any atom is 0.416 e. The standard InChI is InChI=1S/C28H26F7N3O/c29-22-13-20(12-21(14-22)28(33,34)35)26(16-18-6-2-1-3-7-18,17-37-25(39)38-23-8-4-5-9-23)24-15-19(10-11-36-24)27(30,31)32/h1-3,6-7,10-15,17,23,25,38-39H,4-5,8-9,16H2/b37-17+/t25?,26-/m1/s1. The Hall–Kier alpha value is -3.31. The smallest absolute Gasteiger partial charge is 0.360 e. The number of benzene rings is 2. The van der Waals surface area contributed by atoms with Crippen molar-refractivity contribution in [3.05, 3.63) is 101 Å². The second kappa shape index (κ2) is 11.4. The maximum absolute atomic E-state index is 14.7. The molecule has 0 amide bonds. The Balaban J connectivity index is 1.94. The Labute approximate surface area is 220 Å². The van der Waals surface area contributed by atoms with Crippen LogP contribution < -0.4 is 5.32 Å². The first-order valence-corrected chi connectivity index (χ1v) is 12.3. The summed E-state index contributed by atoms with van der Waals surface area (Å²) in [6.45, 7) is 0. The molecule has 1 heterocycles. The molecule has 208 valence electrons. The fraction of sp³-hybridized carbons (Fsp3) is 0.357. The lowest BCUT2D eigenvalue weighted by Crippen LogP contribution is -2.38. The fourth-order valence-corrected chi connectivity index (χ4v) is 4.85. The average molecular weight is 554 g/mol. The van der Waals surface area contributed by atoms with Crippen molar-refractivity contribution >= 4 is 6.21 Å². The van der Waals surface area contributed by atoms with E-state index in [1.165, 1.54) is 0 Å². The molecule has 1 aromatic heterocycles. The molecule has 0 radical (unpaired) electrons. The van der Waals surface area contributed by atoms with Crippen molar-refractivity contribution in [2.24, 2.45) is 4.99 Å². The molecule has 4 rings (SSSR count). The normalized spacial score (nSPS) is 17.4. The number of aromatic nitrogens is 1. The van der Waals surface area contributed by atoms with Gasteiger partial charge in [-0.05, 0) is 60.7 Å². The van der Waals surface area contributed by atoms with Gasteiger partial charge in [0.1, 0.15) is 5.82 Å². The quantitative estimate of drug-likeness (QED) is 0.186. The minimum Gasteiger partial charge on any atom is -0.360 e. The number of aliphatic imine (C=N–C) groups is 1. The van der Waals surface area contributed by atoms with Gasteiger partial charge < -0.3 is 5.11 Å². The molecule has 2 N–H and O–H groups in total. The predicted molar refractivity (Wildman–Crippen MR) is 131 cm³/mol. The lowest BCUT2D eigenvalue weighted by atomic mass is 9.72. The number of rotatable bonds is 8. The molecular formula is C28H26F7N3O. The highest BCUT2D eigenvalue weighted by Crippen LogP contribution is 2.40. The average Bonchev–Trinajstić information content (AvgIpc) is 3.39. The monoisotopic (exact) mass is 553 g/mol. The summed E-state index contributed by atoms with van der Waals surface area (Å²) in [6, 6.07) is 11.5. The van der Waals surface area contributed by atoms with E-state index in [9.17, 15) is 35.8 Å². The third-order valence-corrected chi connectivity index (χ3v) is 6.79. The zero-order valence-corrected chi connectivity index (χ0v) is 20.6. The van der Waals surface area contributed by atoms with Gasteiger partial charge in [-0.3, -0.25) is 15.3 Å². The van der Waals surface area contributed by atoms with Crippen molar-refractivity contribution in [1.82, 2.24) is 10.3 Å². The SMILES string of the molecule is OC(/N=C/[C@](Cc1ccccc1)(c1cc(F)cc(C(F)(F)F)c1)c1cc(C(F)(F)F)ccn1)NC1CCCC1. The minimum atomic E-state index is -4.93. The molecule has 0 spiro atoms. The van der Waals surface area contributed by atoms with Gasteiger partial charge in [0.15, 0.2) is 0 Å². The summed E-state index contributed by atoms with van der Waals surface area (Å²) >= 11 is 0. The van der Waals surface area contributed by atoms with Crippen LogP contribution >= 0.6 is 0 Å². The van der Waals surface area contributed by atoms with E-state index >= 15 is 0 Å². The van der Waals surface area contributed by atoms with Crippen LogP contribution in [0.5, 0.6) is 0 Å². The summed E-state index contributed by atoms with van der Waals surface area (Å²) in [4.78, 5) is 8.22. The lowest BCUT2D eigenvalue weighted by molar-refractivity contribution is -0.138. The fourth-order valence-electron chi connectivity index (χ4n) is 4.85. The predicted octanol–water partition coefficient (Wildman–Crippen LogP) is 6.67. The second-order valence-corrected chi connectivity index (χ2v) is 9.59. The third-order valence-electron chi connectivity index (χ3n) is 6.79. The first-order valence-electron chi connectivity index (χ1n) is 12.3. The summed E-state index contributed by atoms with van der Waals surface area (Å²) in [5.74, 6) is -1.23. The number of nitrogens with one attached hydrogen (secondary N) is 1. The molecule has 0 saturated heterocycles. The molecule has 3 aromatic rings. The Kier molecular flexibility index (Phi) is 8.41. The van der Waals surface area contributed by atoms with E-state index in [-0.39, 0.29) is 23.7 Å². The topological polar surface area (TPSA) is 57.5 Å². The summed E-state index contributed by atoms with van der Waals surface area (Å²) in [5.41, 5.74) is -4.43. The highest BCUT2D eigenvalue weighted by atomic mass is 19.4. The van der Waals surface area contributed by atoms with E-state index in [0.717, 1.165) is 50.2 Å². The molecule has 1 saturated carbocycles. The molecule has 1 unspecified atom stereocenters. The molecule has 4 nitrogen and oxygen atoms in total. The van der Waals surface area contributed by atoms with E-state index in [0.29, 0.717) is 23.8 Å². The summed E-state index contributed by atoms with van der Waals surface area (Å²) in [5, 5.41) is 13.5. The summed E-state index contributed by atoms with van der Waals surface area (Å²) in [7, 11) is 0. The first kappa shape index (κ1) is 28.7. The Bertz CT molecular complexity index is 1290. The number of halogens is 7. The zero-order valence-electron chi connectivity index (χ0n) is 20.6. The molecule has 2 aromatic carbocycles. The number of hydrogen-bond donors (Lipinski definition) is 2. The third kappa shape index (κ3) is 7.02. The van der Waals surface area contributed by atoms with E-state index in [1.54, 1.807) is 30.3 Å². The minimum absolute atomic E-state index is 0.0432.